The second-order valence-electron chi connectivity index (χ2n) is 5.35. The zero-order valence-electron chi connectivity index (χ0n) is 13.2. The number of carbonyl (C=O) groups is 1. The molecule has 1 aromatic carbocycles. The van der Waals surface area contributed by atoms with Crippen molar-refractivity contribution in [2.45, 2.75) is 6.54 Å². The van der Waals surface area contributed by atoms with Crippen LogP contribution >= 0.6 is 11.3 Å². The summed E-state index contributed by atoms with van der Waals surface area (Å²) in [6.07, 6.45) is 2.92. The molecule has 3 aromatic heterocycles. The van der Waals surface area contributed by atoms with Gasteiger partial charge in [-0.25, -0.2) is 18.6 Å². The van der Waals surface area contributed by atoms with Gasteiger partial charge in [-0.15, -0.1) is 11.3 Å². The molecule has 1 amide bonds. The van der Waals surface area contributed by atoms with Crippen LogP contribution in [0.2, 0.25) is 0 Å². The number of benzene rings is 1. The number of hydrogen-bond donors (Lipinski definition) is 1. The predicted octanol–water partition coefficient (Wildman–Crippen LogP) is 1.79. The van der Waals surface area contributed by atoms with E-state index in [1.807, 2.05) is 0 Å². The Balaban J connectivity index is 1.63. The van der Waals surface area contributed by atoms with Gasteiger partial charge in [0.1, 0.15) is 24.2 Å². The smallest absolute Gasteiger partial charge is 0.293 e. The molecule has 0 aliphatic carbocycles. The van der Waals surface area contributed by atoms with E-state index in [0.717, 1.165) is 4.68 Å². The molecule has 0 atom stereocenters. The van der Waals surface area contributed by atoms with Gasteiger partial charge in [0, 0.05) is 17.1 Å². The highest BCUT2D eigenvalue weighted by Crippen LogP contribution is 2.18. The van der Waals surface area contributed by atoms with Gasteiger partial charge in [-0.05, 0) is 30.3 Å². The number of rotatable bonds is 4. The highest BCUT2D eigenvalue weighted by molar-refractivity contribution is 7.13. The topological polar surface area (TPSA) is 94.2 Å². The van der Waals surface area contributed by atoms with Crippen LogP contribution in [0.4, 0.5) is 9.52 Å². The summed E-state index contributed by atoms with van der Waals surface area (Å²) in [5.41, 5.74) is 0.987. The van der Waals surface area contributed by atoms with Gasteiger partial charge in [0.2, 0.25) is 5.91 Å². The predicted molar refractivity (Wildman–Crippen MR) is 93.4 cm³/mol. The normalized spacial score (nSPS) is 11.0. The molecular weight excluding hydrogens is 359 g/mol. The lowest BCUT2D eigenvalue weighted by molar-refractivity contribution is -0.117. The van der Waals surface area contributed by atoms with Crippen LogP contribution in [0.25, 0.3) is 16.8 Å². The monoisotopic (exact) mass is 370 g/mol. The molecular formula is C16H11FN6O2S. The van der Waals surface area contributed by atoms with E-state index in [1.165, 1.54) is 34.3 Å². The van der Waals surface area contributed by atoms with E-state index in [2.05, 4.69) is 20.5 Å². The van der Waals surface area contributed by atoms with E-state index in [4.69, 9.17) is 0 Å². The van der Waals surface area contributed by atoms with Crippen LogP contribution in [0.5, 0.6) is 0 Å². The van der Waals surface area contributed by atoms with Crippen LogP contribution in [0.1, 0.15) is 0 Å². The number of aromatic nitrogens is 5. The number of nitrogens with zero attached hydrogens (tertiary/aromatic N) is 5. The van der Waals surface area contributed by atoms with Crippen molar-refractivity contribution in [1.29, 1.82) is 0 Å². The van der Waals surface area contributed by atoms with Crippen molar-refractivity contribution in [2.75, 3.05) is 5.32 Å². The van der Waals surface area contributed by atoms with Crippen molar-refractivity contribution < 1.29 is 9.18 Å². The number of anilines is 1. The Bertz CT molecular complexity index is 1130. The Morgan fingerprint density at radius 1 is 1.27 bits per heavy atom. The maximum absolute atomic E-state index is 13.1. The molecule has 0 saturated carbocycles. The summed E-state index contributed by atoms with van der Waals surface area (Å²) in [6.45, 7) is -0.244. The number of amides is 1. The first-order valence-electron chi connectivity index (χ1n) is 7.51. The molecule has 1 N–H and O–H groups in total. The Kier molecular flexibility index (Phi) is 4.01. The van der Waals surface area contributed by atoms with Crippen LogP contribution in [0.3, 0.4) is 0 Å². The van der Waals surface area contributed by atoms with Gasteiger partial charge in [-0.1, -0.05) is 0 Å². The molecule has 0 spiro atoms. The van der Waals surface area contributed by atoms with Crippen molar-refractivity contribution in [2.24, 2.45) is 0 Å². The summed E-state index contributed by atoms with van der Waals surface area (Å²) in [5.74, 6) is -0.759. The fourth-order valence-electron chi connectivity index (χ4n) is 2.39. The molecule has 130 valence electrons. The highest BCUT2D eigenvalue weighted by Gasteiger charge is 2.13. The van der Waals surface area contributed by atoms with Crippen LogP contribution < -0.4 is 10.9 Å². The molecule has 10 heteroatoms. The summed E-state index contributed by atoms with van der Waals surface area (Å²) in [4.78, 5) is 28.5. The van der Waals surface area contributed by atoms with E-state index in [-0.39, 0.29) is 17.9 Å². The summed E-state index contributed by atoms with van der Waals surface area (Å²) in [6, 6.07) is 7.36. The van der Waals surface area contributed by atoms with Gasteiger partial charge < -0.3 is 5.32 Å². The first-order chi connectivity index (χ1) is 12.6. The molecule has 0 fully saturated rings. The zero-order valence-corrected chi connectivity index (χ0v) is 14.0. The van der Waals surface area contributed by atoms with Gasteiger partial charge >= 0.3 is 0 Å². The SMILES string of the molecule is O=C(Cn1ncn2nc(-c3ccc(F)cc3)cc2c1=O)Nc1nccs1. The van der Waals surface area contributed by atoms with Crippen LogP contribution in [0.15, 0.2) is 53.0 Å². The maximum atomic E-state index is 13.1. The fraction of sp³-hybridized carbons (Fsp3) is 0.0625. The lowest BCUT2D eigenvalue weighted by atomic mass is 10.1. The van der Waals surface area contributed by atoms with Crippen LogP contribution in [-0.2, 0) is 11.3 Å². The lowest BCUT2D eigenvalue weighted by Crippen LogP contribution is -2.30. The highest BCUT2D eigenvalue weighted by atomic mass is 32.1. The van der Waals surface area contributed by atoms with E-state index < -0.39 is 11.5 Å². The Hall–Kier alpha value is -3.40. The third kappa shape index (κ3) is 3.09. The van der Waals surface area contributed by atoms with Gasteiger partial charge in [-0.2, -0.15) is 10.2 Å². The average Bonchev–Trinajstić information content (AvgIpc) is 3.28. The number of thiazole rings is 1. The van der Waals surface area contributed by atoms with Crippen molar-refractivity contribution in [3.8, 4) is 11.3 Å². The standard InChI is InChI=1S/C16H11FN6O2S/c17-11-3-1-10(2-4-11)12-7-13-15(25)22(19-9-23(13)21-12)8-14(24)20-16-18-5-6-26-16/h1-7,9H,8H2,(H,18,20,24). The second-order valence-corrected chi connectivity index (χ2v) is 6.24. The van der Waals surface area contributed by atoms with Crippen molar-refractivity contribution in [1.82, 2.24) is 24.4 Å². The first kappa shape index (κ1) is 16.1. The minimum atomic E-state index is -0.456. The molecule has 0 saturated heterocycles. The molecule has 0 radical (unpaired) electrons. The van der Waals surface area contributed by atoms with E-state index in [1.54, 1.807) is 29.8 Å². The average molecular weight is 370 g/mol. The van der Waals surface area contributed by atoms with Gasteiger partial charge in [0.25, 0.3) is 5.56 Å². The molecule has 0 unspecified atom stereocenters. The van der Waals surface area contributed by atoms with Crippen molar-refractivity contribution in [3.05, 3.63) is 64.4 Å². The molecule has 8 nitrogen and oxygen atoms in total. The molecule has 0 aliphatic heterocycles. The minimum absolute atomic E-state index is 0.244. The third-order valence-corrected chi connectivity index (χ3v) is 4.29. The lowest BCUT2D eigenvalue weighted by Gasteiger charge is -2.04. The summed E-state index contributed by atoms with van der Waals surface area (Å²) in [5, 5.41) is 13.0. The number of nitrogens with one attached hydrogen (secondary N) is 1. The fourth-order valence-corrected chi connectivity index (χ4v) is 2.94. The second kappa shape index (κ2) is 6.48. The Morgan fingerprint density at radius 3 is 2.81 bits per heavy atom. The van der Waals surface area contributed by atoms with E-state index in [9.17, 15) is 14.0 Å². The summed E-state index contributed by atoms with van der Waals surface area (Å²) in [7, 11) is 0. The van der Waals surface area contributed by atoms with Gasteiger partial charge in [0.05, 0.1) is 5.69 Å². The Labute approximate surface area is 149 Å². The number of fused-ring (bicyclic) bond motifs is 1. The summed E-state index contributed by atoms with van der Waals surface area (Å²) < 4.78 is 15.4. The Morgan fingerprint density at radius 2 is 2.08 bits per heavy atom. The molecule has 26 heavy (non-hydrogen) atoms. The van der Waals surface area contributed by atoms with Gasteiger partial charge in [-0.3, -0.25) is 9.59 Å². The van der Waals surface area contributed by atoms with Crippen molar-refractivity contribution in [3.63, 3.8) is 0 Å². The van der Waals surface area contributed by atoms with Crippen molar-refractivity contribution >= 4 is 27.9 Å². The number of carbonyl (C=O) groups excluding carboxylic acids is 1. The third-order valence-electron chi connectivity index (χ3n) is 3.60. The maximum Gasteiger partial charge on any atom is 0.293 e. The molecule has 0 aliphatic rings. The number of halogens is 1. The minimum Gasteiger partial charge on any atom is -0.300 e. The van der Waals surface area contributed by atoms with E-state index in [0.29, 0.717) is 16.4 Å². The molecule has 0 bridgehead atoms. The number of hydrogen-bond acceptors (Lipinski definition) is 6. The zero-order chi connectivity index (χ0) is 18.1. The van der Waals surface area contributed by atoms with Crippen LogP contribution in [0, 0.1) is 5.82 Å². The quantitative estimate of drug-likeness (QED) is 0.591. The van der Waals surface area contributed by atoms with Gasteiger partial charge in [0.15, 0.2) is 5.13 Å². The van der Waals surface area contributed by atoms with Crippen LogP contribution in [-0.4, -0.2) is 30.3 Å². The van der Waals surface area contributed by atoms with E-state index >= 15 is 0 Å². The molecule has 4 rings (SSSR count). The summed E-state index contributed by atoms with van der Waals surface area (Å²) >= 11 is 1.28. The molecule has 4 aromatic rings. The first-order valence-corrected chi connectivity index (χ1v) is 8.39. The molecule has 3 heterocycles. The largest absolute Gasteiger partial charge is 0.300 e.